The van der Waals surface area contributed by atoms with Crippen molar-refractivity contribution in [1.82, 2.24) is 15.2 Å². The van der Waals surface area contributed by atoms with Gasteiger partial charge in [-0.15, -0.1) is 35.1 Å². The van der Waals surface area contributed by atoms with Crippen LogP contribution in [-0.4, -0.2) is 29.5 Å². The molecule has 1 saturated heterocycles. The Morgan fingerprint density at radius 3 is 2.86 bits per heavy atom. The Morgan fingerprint density at radius 1 is 1.41 bits per heavy atom. The molecule has 0 spiro atoms. The summed E-state index contributed by atoms with van der Waals surface area (Å²) >= 11 is 9.57. The Balaban J connectivity index is 0.00000176. The first-order chi connectivity index (χ1) is 10.2. The summed E-state index contributed by atoms with van der Waals surface area (Å²) in [4.78, 5) is 9.63. The van der Waals surface area contributed by atoms with Gasteiger partial charge in [-0.25, -0.2) is 4.98 Å². The molecule has 2 aromatic rings. The average Bonchev–Trinajstić information content (AvgIpc) is 3.16. The Morgan fingerprint density at radius 2 is 2.27 bits per heavy atom. The molecule has 1 N–H and O–H groups in total. The molecule has 2 aromatic heterocycles. The highest BCUT2D eigenvalue weighted by Gasteiger charge is 2.20. The molecule has 1 aliphatic heterocycles. The number of thiophene rings is 1. The molecule has 3 nitrogen and oxygen atoms in total. The molecule has 0 aliphatic carbocycles. The highest BCUT2D eigenvalue weighted by Crippen LogP contribution is 2.24. The van der Waals surface area contributed by atoms with Gasteiger partial charge in [-0.2, -0.15) is 0 Å². The summed E-state index contributed by atoms with van der Waals surface area (Å²) in [6.45, 7) is 7.50. The van der Waals surface area contributed by atoms with Crippen molar-refractivity contribution < 1.29 is 0 Å². The summed E-state index contributed by atoms with van der Waals surface area (Å²) in [6.07, 6.45) is 1.28. The first-order valence-corrected chi connectivity index (χ1v) is 9.39. The molecule has 1 fully saturated rings. The van der Waals surface area contributed by atoms with Crippen LogP contribution in [0.2, 0.25) is 5.02 Å². The Hall–Kier alpha value is -0.170. The van der Waals surface area contributed by atoms with E-state index in [1.165, 1.54) is 21.9 Å². The smallest absolute Gasteiger partial charge is 0.0798 e. The predicted molar refractivity (Wildman–Crippen MR) is 98.5 cm³/mol. The van der Waals surface area contributed by atoms with Crippen molar-refractivity contribution in [2.45, 2.75) is 26.4 Å². The van der Waals surface area contributed by atoms with Crippen LogP contribution >= 0.6 is 46.7 Å². The maximum Gasteiger partial charge on any atom is 0.0798 e. The van der Waals surface area contributed by atoms with Gasteiger partial charge in [-0.1, -0.05) is 11.6 Å². The number of thiazole rings is 1. The fraction of sp³-hybridized carbons (Fsp3) is 0.533. The molecule has 0 radical (unpaired) electrons. The van der Waals surface area contributed by atoms with Gasteiger partial charge < -0.3 is 5.32 Å². The Kier molecular flexibility index (Phi) is 7.12. The van der Waals surface area contributed by atoms with E-state index >= 15 is 0 Å². The summed E-state index contributed by atoms with van der Waals surface area (Å²) in [5.41, 5.74) is 3.11. The normalized spacial score (nSPS) is 17.9. The fourth-order valence-corrected chi connectivity index (χ4v) is 4.69. The zero-order chi connectivity index (χ0) is 14.7. The van der Waals surface area contributed by atoms with Gasteiger partial charge in [0.1, 0.15) is 0 Å². The van der Waals surface area contributed by atoms with E-state index in [1.807, 2.05) is 10.9 Å². The van der Waals surface area contributed by atoms with Gasteiger partial charge >= 0.3 is 0 Å². The Bertz CT molecular complexity index is 579. The summed E-state index contributed by atoms with van der Waals surface area (Å²) < 4.78 is 0. The molecule has 1 unspecified atom stereocenters. The maximum absolute atomic E-state index is 6.06. The van der Waals surface area contributed by atoms with Crippen LogP contribution in [0.1, 0.15) is 21.9 Å². The molecule has 0 amide bonds. The number of aromatic nitrogens is 1. The van der Waals surface area contributed by atoms with Gasteiger partial charge in [0.05, 0.1) is 16.2 Å². The highest BCUT2D eigenvalue weighted by atomic mass is 35.5. The highest BCUT2D eigenvalue weighted by molar-refractivity contribution is 7.10. The monoisotopic (exact) mass is 377 g/mol. The summed E-state index contributed by atoms with van der Waals surface area (Å²) in [7, 11) is 0. The lowest BCUT2D eigenvalue weighted by atomic mass is 10.1. The molecule has 0 aromatic carbocycles. The molecular weight excluding hydrogens is 357 g/mol. The number of nitrogens with zero attached hydrogens (tertiary/aromatic N) is 2. The van der Waals surface area contributed by atoms with Crippen LogP contribution in [0.15, 0.2) is 17.0 Å². The van der Waals surface area contributed by atoms with Crippen molar-refractivity contribution in [3.63, 3.8) is 0 Å². The molecule has 122 valence electrons. The summed E-state index contributed by atoms with van der Waals surface area (Å²) in [5.74, 6) is 0.758. The lowest BCUT2D eigenvalue weighted by Gasteiger charge is -2.24. The topological polar surface area (TPSA) is 28.2 Å². The van der Waals surface area contributed by atoms with Crippen molar-refractivity contribution in [1.29, 1.82) is 0 Å². The van der Waals surface area contributed by atoms with Crippen molar-refractivity contribution in [3.8, 4) is 0 Å². The summed E-state index contributed by atoms with van der Waals surface area (Å²) in [5, 5.41) is 6.33. The van der Waals surface area contributed by atoms with E-state index in [-0.39, 0.29) is 12.4 Å². The Labute approximate surface area is 151 Å². The molecule has 3 rings (SSSR count). The lowest BCUT2D eigenvalue weighted by molar-refractivity contribution is 0.224. The van der Waals surface area contributed by atoms with Gasteiger partial charge in [0, 0.05) is 34.8 Å². The van der Waals surface area contributed by atoms with Crippen LogP contribution in [0.25, 0.3) is 0 Å². The maximum atomic E-state index is 6.06. The van der Waals surface area contributed by atoms with E-state index in [0.29, 0.717) is 0 Å². The lowest BCUT2D eigenvalue weighted by Crippen LogP contribution is -2.29. The van der Waals surface area contributed by atoms with Crippen LogP contribution in [0, 0.1) is 12.8 Å². The van der Waals surface area contributed by atoms with Crippen LogP contribution in [0.5, 0.6) is 0 Å². The van der Waals surface area contributed by atoms with E-state index in [0.717, 1.165) is 43.7 Å². The number of hydrogen-bond donors (Lipinski definition) is 1. The number of aryl methyl sites for hydroxylation is 1. The minimum atomic E-state index is 0. The molecule has 7 heteroatoms. The molecule has 1 atom stereocenters. The van der Waals surface area contributed by atoms with Crippen LogP contribution in [-0.2, 0) is 13.1 Å². The van der Waals surface area contributed by atoms with Crippen molar-refractivity contribution in [2.24, 2.45) is 5.92 Å². The minimum Gasteiger partial charge on any atom is -0.316 e. The molecule has 22 heavy (non-hydrogen) atoms. The zero-order valence-electron chi connectivity index (χ0n) is 12.5. The molecule has 1 aliphatic rings. The van der Waals surface area contributed by atoms with Crippen molar-refractivity contribution in [2.75, 3.05) is 19.6 Å². The van der Waals surface area contributed by atoms with Crippen molar-refractivity contribution >= 4 is 46.7 Å². The first kappa shape index (κ1) is 18.2. The second-order valence-electron chi connectivity index (χ2n) is 5.62. The zero-order valence-corrected chi connectivity index (χ0v) is 15.8. The van der Waals surface area contributed by atoms with E-state index in [4.69, 9.17) is 11.6 Å². The first-order valence-electron chi connectivity index (χ1n) is 7.25. The fourth-order valence-electron chi connectivity index (χ4n) is 2.76. The van der Waals surface area contributed by atoms with Crippen LogP contribution in [0.4, 0.5) is 0 Å². The third-order valence-corrected chi connectivity index (χ3v) is 6.08. The molecule has 3 heterocycles. The van der Waals surface area contributed by atoms with E-state index in [9.17, 15) is 0 Å². The minimum absolute atomic E-state index is 0. The molecule has 0 bridgehead atoms. The van der Waals surface area contributed by atoms with E-state index in [1.54, 1.807) is 22.7 Å². The molecular formula is C15H21Cl2N3S2. The predicted octanol–water partition coefficient (Wildman–Crippen LogP) is 4.20. The largest absolute Gasteiger partial charge is 0.316 e. The average molecular weight is 378 g/mol. The number of halogens is 2. The second kappa shape index (κ2) is 8.62. The van der Waals surface area contributed by atoms with Crippen LogP contribution in [0.3, 0.4) is 0 Å². The molecule has 0 saturated carbocycles. The van der Waals surface area contributed by atoms with Gasteiger partial charge in [0.15, 0.2) is 0 Å². The number of rotatable bonds is 6. The number of hydrogen-bond acceptors (Lipinski definition) is 5. The SMILES string of the molecule is Cc1ncsc1CN(Cc1cc(Cl)cs1)CC1CCNC1.Cl. The quantitative estimate of drug-likeness (QED) is 0.817. The third-order valence-electron chi connectivity index (χ3n) is 3.89. The standard InChI is InChI=1S/C15H20ClN3S2.ClH/c1-11-15(21-10-18-11)8-19(6-12-2-3-17-5-12)7-14-4-13(16)9-20-14;/h4,9-10,12,17H,2-3,5-8H2,1H3;1H. The van der Waals surface area contributed by atoms with Crippen LogP contribution < -0.4 is 5.32 Å². The van der Waals surface area contributed by atoms with Gasteiger partial charge in [-0.05, 0) is 38.4 Å². The van der Waals surface area contributed by atoms with Gasteiger partial charge in [0.2, 0.25) is 0 Å². The third kappa shape index (κ3) is 4.91. The van der Waals surface area contributed by atoms with Gasteiger partial charge in [-0.3, -0.25) is 4.90 Å². The van der Waals surface area contributed by atoms with Gasteiger partial charge in [0.25, 0.3) is 0 Å². The summed E-state index contributed by atoms with van der Waals surface area (Å²) in [6, 6.07) is 2.09. The van der Waals surface area contributed by atoms with E-state index < -0.39 is 0 Å². The second-order valence-corrected chi connectivity index (χ2v) is 7.99. The number of nitrogens with one attached hydrogen (secondary N) is 1. The van der Waals surface area contributed by atoms with E-state index in [2.05, 4.69) is 28.2 Å². The van der Waals surface area contributed by atoms with Crippen molar-refractivity contribution in [3.05, 3.63) is 37.4 Å².